The highest BCUT2D eigenvalue weighted by Crippen LogP contribution is 2.24. The Morgan fingerprint density at radius 2 is 2.00 bits per heavy atom. The Balaban J connectivity index is 1.94. The van der Waals surface area contributed by atoms with E-state index < -0.39 is 5.91 Å². The second kappa shape index (κ2) is 8.67. The smallest absolute Gasteiger partial charge is 0.267 e. The molecule has 1 saturated carbocycles. The number of guanidine groups is 1. The molecule has 0 unspecified atom stereocenters. The van der Waals surface area contributed by atoms with Gasteiger partial charge in [-0.3, -0.25) is 9.79 Å². The maximum absolute atomic E-state index is 11.6. The Bertz CT molecular complexity index is 487. The molecule has 128 valence electrons. The number of hydrogen-bond acceptors (Lipinski definition) is 4. The highest BCUT2D eigenvalue weighted by Gasteiger charge is 2.18. The van der Waals surface area contributed by atoms with Crippen LogP contribution in [0.25, 0.3) is 0 Å². The van der Waals surface area contributed by atoms with Crippen LogP contribution in [0.2, 0.25) is 0 Å². The first kappa shape index (κ1) is 17.5. The van der Waals surface area contributed by atoms with Crippen molar-refractivity contribution in [1.82, 2.24) is 15.1 Å². The number of nitrogens with one attached hydrogen (secondary N) is 1. The Morgan fingerprint density at radius 1 is 1.30 bits per heavy atom. The Labute approximate surface area is 138 Å². The number of aliphatic imine (C=N–C) groups is 2. The fourth-order valence-corrected chi connectivity index (χ4v) is 2.62. The lowest BCUT2D eigenvalue weighted by Gasteiger charge is -2.32. The number of carbonyl (C=O) groups excluding carboxylic acids is 1. The fraction of sp³-hybridized carbons (Fsp3) is 0.688. The summed E-state index contributed by atoms with van der Waals surface area (Å²) in [4.78, 5) is 24.5. The third-order valence-electron chi connectivity index (χ3n) is 4.45. The average molecular weight is 320 g/mol. The molecular weight excluding hydrogens is 292 g/mol. The number of primary amides is 1. The minimum Gasteiger partial charge on any atom is -0.391 e. The lowest BCUT2D eigenvalue weighted by Crippen LogP contribution is -2.47. The van der Waals surface area contributed by atoms with E-state index in [4.69, 9.17) is 5.73 Å². The van der Waals surface area contributed by atoms with E-state index in [1.807, 2.05) is 0 Å². The van der Waals surface area contributed by atoms with Gasteiger partial charge in [-0.25, -0.2) is 4.99 Å². The Morgan fingerprint density at radius 3 is 2.52 bits per heavy atom. The van der Waals surface area contributed by atoms with Gasteiger partial charge < -0.3 is 20.9 Å². The maximum atomic E-state index is 11.6. The summed E-state index contributed by atoms with van der Waals surface area (Å²) >= 11 is 0. The molecule has 0 aromatic heterocycles. The second-order valence-electron chi connectivity index (χ2n) is 6.21. The highest BCUT2D eigenvalue weighted by molar-refractivity contribution is 6.44. The molecule has 2 aliphatic rings. The van der Waals surface area contributed by atoms with Crippen molar-refractivity contribution < 1.29 is 4.79 Å². The van der Waals surface area contributed by atoms with Gasteiger partial charge in [0.15, 0.2) is 0 Å². The molecule has 0 aromatic rings. The molecule has 7 nitrogen and oxygen atoms in total. The average Bonchev–Trinajstić information content (AvgIpc) is 2.49. The highest BCUT2D eigenvalue weighted by atomic mass is 16.1. The zero-order chi connectivity index (χ0) is 16.7. The van der Waals surface area contributed by atoms with Crippen molar-refractivity contribution in [2.45, 2.75) is 19.3 Å². The third-order valence-corrected chi connectivity index (χ3v) is 4.45. The summed E-state index contributed by atoms with van der Waals surface area (Å²) in [6.07, 6.45) is 7.30. The predicted octanol–water partition coefficient (Wildman–Crippen LogP) is 0.0493. The Hall–Kier alpha value is -1.89. The maximum Gasteiger partial charge on any atom is 0.267 e. The van der Waals surface area contributed by atoms with Gasteiger partial charge in [0.05, 0.1) is 0 Å². The molecule has 1 aliphatic heterocycles. The number of rotatable bonds is 5. The molecule has 0 aromatic carbocycles. The molecule has 0 radical (unpaired) electrons. The molecular formula is C16H28N6O. The molecule has 23 heavy (non-hydrogen) atoms. The number of nitrogens with two attached hydrogens (primary N) is 1. The van der Waals surface area contributed by atoms with Crippen molar-refractivity contribution in [1.29, 1.82) is 0 Å². The van der Waals surface area contributed by atoms with Crippen LogP contribution < -0.4 is 11.1 Å². The minimum atomic E-state index is -0.540. The lowest BCUT2D eigenvalue weighted by atomic mass is 9.85. The summed E-state index contributed by atoms with van der Waals surface area (Å²) < 4.78 is 0. The van der Waals surface area contributed by atoms with E-state index in [9.17, 15) is 4.79 Å². The van der Waals surface area contributed by atoms with Gasteiger partial charge >= 0.3 is 0 Å². The van der Waals surface area contributed by atoms with Gasteiger partial charge in [0, 0.05) is 39.8 Å². The first-order valence-corrected chi connectivity index (χ1v) is 8.29. The molecule has 1 amide bonds. The first-order valence-electron chi connectivity index (χ1n) is 8.29. The predicted molar refractivity (Wildman–Crippen MR) is 93.5 cm³/mol. The summed E-state index contributed by atoms with van der Waals surface area (Å²) in [5.74, 6) is 0.782. The zero-order valence-corrected chi connectivity index (χ0v) is 14.2. The van der Waals surface area contributed by atoms with Gasteiger partial charge in [-0.05, 0) is 38.1 Å². The normalized spacial score (nSPS) is 21.6. The molecule has 0 atom stereocenters. The van der Waals surface area contributed by atoms with Crippen LogP contribution in [0.4, 0.5) is 0 Å². The van der Waals surface area contributed by atoms with Gasteiger partial charge in [-0.2, -0.15) is 0 Å². The second-order valence-corrected chi connectivity index (χ2v) is 6.21. The fourth-order valence-electron chi connectivity index (χ4n) is 2.62. The molecule has 2 fully saturated rings. The van der Waals surface area contributed by atoms with Crippen molar-refractivity contribution >= 4 is 17.6 Å². The molecule has 3 N–H and O–H groups in total. The van der Waals surface area contributed by atoms with Crippen LogP contribution in [-0.2, 0) is 4.79 Å². The molecule has 2 rings (SSSR count). The van der Waals surface area contributed by atoms with Crippen molar-refractivity contribution in [3.63, 3.8) is 0 Å². The van der Waals surface area contributed by atoms with Crippen LogP contribution in [0.1, 0.15) is 19.3 Å². The van der Waals surface area contributed by atoms with E-state index in [0.717, 1.165) is 38.6 Å². The van der Waals surface area contributed by atoms with Crippen LogP contribution >= 0.6 is 0 Å². The molecule has 0 spiro atoms. The van der Waals surface area contributed by atoms with Crippen LogP contribution in [0.5, 0.6) is 0 Å². The van der Waals surface area contributed by atoms with Crippen LogP contribution in [0, 0.1) is 5.92 Å². The Kier molecular flexibility index (Phi) is 6.58. The molecule has 1 saturated heterocycles. The minimum absolute atomic E-state index is 0.227. The zero-order valence-electron chi connectivity index (χ0n) is 14.2. The van der Waals surface area contributed by atoms with Crippen LogP contribution in [0.15, 0.2) is 22.3 Å². The van der Waals surface area contributed by atoms with E-state index >= 15 is 0 Å². The summed E-state index contributed by atoms with van der Waals surface area (Å²) in [7, 11) is 3.78. The number of amides is 1. The van der Waals surface area contributed by atoms with Crippen molar-refractivity contribution in [3.05, 3.63) is 12.3 Å². The van der Waals surface area contributed by atoms with Crippen LogP contribution in [-0.4, -0.2) is 74.2 Å². The topological polar surface area (TPSA) is 86.3 Å². The molecule has 0 bridgehead atoms. The van der Waals surface area contributed by atoms with Crippen LogP contribution in [0.3, 0.4) is 0 Å². The van der Waals surface area contributed by atoms with E-state index in [1.54, 1.807) is 19.3 Å². The number of likely N-dealkylation sites (N-methyl/N-ethyl adjacent to an activating group) is 1. The van der Waals surface area contributed by atoms with E-state index in [2.05, 4.69) is 32.1 Å². The monoisotopic (exact) mass is 320 g/mol. The summed E-state index contributed by atoms with van der Waals surface area (Å²) in [5.41, 5.74) is 5.67. The molecule has 1 aliphatic carbocycles. The number of piperazine rings is 1. The van der Waals surface area contributed by atoms with E-state index in [-0.39, 0.29) is 5.71 Å². The standard InChI is InChI=1S/C16H28N6O/c1-18-16(22-10-8-21(2)9-11-22)20-14(15(17)23)6-7-19-12-13-4-3-5-13/h6-7,13,19H,3-5,8-12H2,1-2H3,(H2,17,23)/b7-6+,18-16+,20-14+. The molecule has 1 heterocycles. The molecule has 7 heteroatoms. The van der Waals surface area contributed by atoms with Gasteiger partial charge in [0.2, 0.25) is 5.96 Å². The summed E-state index contributed by atoms with van der Waals surface area (Å²) in [6.45, 7) is 4.55. The number of hydrogen-bond donors (Lipinski definition) is 2. The first-order chi connectivity index (χ1) is 11.1. The summed E-state index contributed by atoms with van der Waals surface area (Å²) in [6, 6.07) is 0. The van der Waals surface area contributed by atoms with Gasteiger partial charge in [-0.15, -0.1) is 0 Å². The SMILES string of the molecule is C\N=C(/N=C(\C=C\NCC1CCC1)C(N)=O)N1CCN(C)CC1. The van der Waals surface area contributed by atoms with Crippen molar-refractivity contribution in [2.24, 2.45) is 21.6 Å². The largest absolute Gasteiger partial charge is 0.391 e. The van der Waals surface area contributed by atoms with E-state index in [1.165, 1.54) is 19.3 Å². The number of nitrogens with zero attached hydrogens (tertiary/aromatic N) is 4. The summed E-state index contributed by atoms with van der Waals surface area (Å²) in [5, 5.41) is 3.22. The van der Waals surface area contributed by atoms with Crippen molar-refractivity contribution in [2.75, 3.05) is 46.8 Å². The number of carbonyl (C=O) groups is 1. The lowest BCUT2D eigenvalue weighted by molar-refractivity contribution is -0.111. The third kappa shape index (κ3) is 5.35. The van der Waals surface area contributed by atoms with Crippen molar-refractivity contribution in [3.8, 4) is 0 Å². The van der Waals surface area contributed by atoms with Gasteiger partial charge in [0.1, 0.15) is 5.71 Å². The van der Waals surface area contributed by atoms with E-state index in [0.29, 0.717) is 5.96 Å². The quantitative estimate of drug-likeness (QED) is 0.553. The van der Waals surface area contributed by atoms with Gasteiger partial charge in [0.25, 0.3) is 5.91 Å². The van der Waals surface area contributed by atoms with Gasteiger partial charge in [-0.1, -0.05) is 6.42 Å².